The summed E-state index contributed by atoms with van der Waals surface area (Å²) in [6.07, 6.45) is 6.52. The molecule has 2 aromatic carbocycles. The van der Waals surface area contributed by atoms with Crippen LogP contribution in [0.3, 0.4) is 0 Å². The highest BCUT2D eigenvalue weighted by molar-refractivity contribution is 5.99. The largest absolute Gasteiger partial charge is 0.497 e. The minimum absolute atomic E-state index is 0.0769. The fraction of sp³-hybridized carbons (Fsp3) is 0.519. The molecule has 1 saturated carbocycles. The number of amides is 1. The Morgan fingerprint density at radius 1 is 1.03 bits per heavy atom. The van der Waals surface area contributed by atoms with Gasteiger partial charge in [0, 0.05) is 18.8 Å². The summed E-state index contributed by atoms with van der Waals surface area (Å²) in [5.41, 5.74) is 1.42. The molecule has 5 nitrogen and oxygen atoms in total. The number of piperidine rings is 1. The topological polar surface area (TPSA) is 50.8 Å². The van der Waals surface area contributed by atoms with E-state index in [0.29, 0.717) is 6.61 Å². The van der Waals surface area contributed by atoms with Crippen LogP contribution >= 0.6 is 0 Å². The highest BCUT2D eigenvalue weighted by Gasteiger charge is 2.42. The molecule has 1 amide bonds. The Hall–Kier alpha value is -2.53. The van der Waals surface area contributed by atoms with Gasteiger partial charge >= 0.3 is 0 Å². The van der Waals surface area contributed by atoms with Crippen LogP contribution in [0.2, 0.25) is 0 Å². The zero-order valence-corrected chi connectivity index (χ0v) is 19.4. The number of hydrogen-bond donors (Lipinski definition) is 1. The van der Waals surface area contributed by atoms with Crippen molar-refractivity contribution >= 4 is 11.6 Å². The monoisotopic (exact) mass is 436 g/mol. The summed E-state index contributed by atoms with van der Waals surface area (Å²) < 4.78 is 11.2. The van der Waals surface area contributed by atoms with Gasteiger partial charge in [0.05, 0.1) is 12.5 Å². The number of hydrogen-bond acceptors (Lipinski definition) is 4. The van der Waals surface area contributed by atoms with Gasteiger partial charge in [-0.15, -0.1) is 0 Å². The third-order valence-electron chi connectivity index (χ3n) is 7.06. The Morgan fingerprint density at radius 2 is 1.72 bits per heavy atom. The first kappa shape index (κ1) is 22.7. The van der Waals surface area contributed by atoms with Crippen molar-refractivity contribution in [3.8, 4) is 11.5 Å². The molecule has 0 bridgehead atoms. The SMILES string of the molecule is COc1ccc(C2(C(=O)Nc3ccc(OCCN4CCC[C@@H](C)C4)cc3)CCCC2)cc1. The van der Waals surface area contributed by atoms with E-state index in [-0.39, 0.29) is 5.91 Å². The molecule has 2 aromatic rings. The summed E-state index contributed by atoms with van der Waals surface area (Å²) in [7, 11) is 1.66. The van der Waals surface area contributed by atoms with E-state index in [1.165, 1.54) is 25.9 Å². The molecule has 5 heteroatoms. The molecule has 1 aliphatic heterocycles. The molecule has 0 aromatic heterocycles. The van der Waals surface area contributed by atoms with Crippen LogP contribution in [-0.4, -0.2) is 44.2 Å². The smallest absolute Gasteiger partial charge is 0.235 e. The van der Waals surface area contributed by atoms with E-state index in [9.17, 15) is 4.79 Å². The molecule has 2 fully saturated rings. The Kier molecular flexibility index (Phi) is 7.36. The number of nitrogens with one attached hydrogen (secondary N) is 1. The molecule has 4 rings (SSSR count). The van der Waals surface area contributed by atoms with Crippen LogP contribution in [0.5, 0.6) is 11.5 Å². The first-order valence-corrected chi connectivity index (χ1v) is 12.0. The summed E-state index contributed by atoms with van der Waals surface area (Å²) in [6.45, 7) is 6.33. The summed E-state index contributed by atoms with van der Waals surface area (Å²) in [6, 6.07) is 15.7. The highest BCUT2D eigenvalue weighted by Crippen LogP contribution is 2.42. The van der Waals surface area contributed by atoms with E-state index < -0.39 is 5.41 Å². The summed E-state index contributed by atoms with van der Waals surface area (Å²) in [5, 5.41) is 3.16. The van der Waals surface area contributed by atoms with Crippen LogP contribution in [0.1, 0.15) is 51.0 Å². The van der Waals surface area contributed by atoms with E-state index in [4.69, 9.17) is 9.47 Å². The lowest BCUT2D eigenvalue weighted by Crippen LogP contribution is -2.38. The Bertz CT molecular complexity index is 873. The number of likely N-dealkylation sites (tertiary alicyclic amines) is 1. The molecule has 0 radical (unpaired) electrons. The van der Waals surface area contributed by atoms with Gasteiger partial charge in [-0.3, -0.25) is 9.69 Å². The molecule has 0 spiro atoms. The quantitative estimate of drug-likeness (QED) is 0.614. The van der Waals surface area contributed by atoms with Crippen LogP contribution in [0.15, 0.2) is 48.5 Å². The van der Waals surface area contributed by atoms with E-state index in [1.54, 1.807) is 7.11 Å². The van der Waals surface area contributed by atoms with Gasteiger partial charge in [0.1, 0.15) is 18.1 Å². The van der Waals surface area contributed by atoms with Gasteiger partial charge in [0.15, 0.2) is 0 Å². The van der Waals surface area contributed by atoms with Gasteiger partial charge in [-0.2, -0.15) is 0 Å². The number of carbonyl (C=O) groups is 1. The number of methoxy groups -OCH3 is 1. The Balaban J connectivity index is 1.34. The minimum Gasteiger partial charge on any atom is -0.497 e. The summed E-state index contributed by atoms with van der Waals surface area (Å²) in [5.74, 6) is 2.52. The maximum Gasteiger partial charge on any atom is 0.235 e. The van der Waals surface area contributed by atoms with Crippen molar-refractivity contribution in [2.45, 2.75) is 50.9 Å². The summed E-state index contributed by atoms with van der Waals surface area (Å²) in [4.78, 5) is 15.9. The average molecular weight is 437 g/mol. The molecule has 1 aliphatic carbocycles. The fourth-order valence-electron chi connectivity index (χ4n) is 5.20. The number of anilines is 1. The van der Waals surface area contributed by atoms with Gasteiger partial charge < -0.3 is 14.8 Å². The lowest BCUT2D eigenvalue weighted by molar-refractivity contribution is -0.121. The van der Waals surface area contributed by atoms with Crippen molar-refractivity contribution in [1.82, 2.24) is 4.90 Å². The van der Waals surface area contributed by atoms with E-state index in [0.717, 1.165) is 60.9 Å². The number of ether oxygens (including phenoxy) is 2. The maximum atomic E-state index is 13.4. The third-order valence-corrected chi connectivity index (χ3v) is 7.06. The first-order valence-electron chi connectivity index (χ1n) is 12.0. The van der Waals surface area contributed by atoms with Gasteiger partial charge in [0.2, 0.25) is 5.91 Å². The third kappa shape index (κ3) is 5.26. The lowest BCUT2D eigenvalue weighted by atomic mass is 9.78. The van der Waals surface area contributed by atoms with Crippen molar-refractivity contribution in [3.63, 3.8) is 0 Å². The van der Waals surface area contributed by atoms with Crippen LogP contribution in [0, 0.1) is 5.92 Å². The zero-order chi connectivity index (χ0) is 22.4. The molecular formula is C27H36N2O3. The van der Waals surface area contributed by atoms with Crippen LogP contribution < -0.4 is 14.8 Å². The highest BCUT2D eigenvalue weighted by atomic mass is 16.5. The number of carbonyl (C=O) groups excluding carboxylic acids is 1. The fourth-order valence-corrected chi connectivity index (χ4v) is 5.20. The van der Waals surface area contributed by atoms with Gasteiger partial charge in [-0.25, -0.2) is 0 Å². The normalized spacial score (nSPS) is 20.6. The first-order chi connectivity index (χ1) is 15.6. The van der Waals surface area contributed by atoms with Crippen molar-refractivity contribution in [3.05, 3.63) is 54.1 Å². The molecule has 1 N–H and O–H groups in total. The second-order valence-electron chi connectivity index (χ2n) is 9.39. The van der Waals surface area contributed by atoms with Crippen molar-refractivity contribution < 1.29 is 14.3 Å². The second kappa shape index (κ2) is 10.4. The minimum atomic E-state index is -0.465. The van der Waals surface area contributed by atoms with Crippen LogP contribution in [0.4, 0.5) is 5.69 Å². The molecule has 0 unspecified atom stereocenters. The molecule has 2 aliphatic rings. The van der Waals surface area contributed by atoms with Crippen molar-refractivity contribution in [2.75, 3.05) is 38.7 Å². The average Bonchev–Trinajstić information content (AvgIpc) is 3.32. The molecule has 1 atom stereocenters. The van der Waals surface area contributed by atoms with Gasteiger partial charge in [-0.05, 0) is 80.1 Å². The van der Waals surface area contributed by atoms with Gasteiger partial charge in [-0.1, -0.05) is 31.9 Å². The zero-order valence-electron chi connectivity index (χ0n) is 19.4. The number of rotatable bonds is 8. The van der Waals surface area contributed by atoms with E-state index >= 15 is 0 Å². The maximum absolute atomic E-state index is 13.4. The molecule has 1 saturated heterocycles. The second-order valence-corrected chi connectivity index (χ2v) is 9.39. The summed E-state index contributed by atoms with van der Waals surface area (Å²) >= 11 is 0. The number of nitrogens with zero attached hydrogens (tertiary/aromatic N) is 1. The predicted octanol–water partition coefficient (Wildman–Crippen LogP) is 5.26. The lowest BCUT2D eigenvalue weighted by Gasteiger charge is -2.30. The van der Waals surface area contributed by atoms with E-state index in [1.807, 2.05) is 48.5 Å². The van der Waals surface area contributed by atoms with Crippen molar-refractivity contribution in [1.29, 1.82) is 0 Å². The Morgan fingerprint density at radius 3 is 2.38 bits per heavy atom. The van der Waals surface area contributed by atoms with E-state index in [2.05, 4.69) is 17.1 Å². The predicted molar refractivity (Wildman–Crippen MR) is 129 cm³/mol. The molecule has 172 valence electrons. The molecular weight excluding hydrogens is 400 g/mol. The van der Waals surface area contributed by atoms with Crippen LogP contribution in [0.25, 0.3) is 0 Å². The van der Waals surface area contributed by atoms with Gasteiger partial charge in [0.25, 0.3) is 0 Å². The molecule has 1 heterocycles. The molecule has 32 heavy (non-hydrogen) atoms. The number of benzene rings is 2. The standard InChI is InChI=1S/C27H36N2O3/c1-21-6-5-17-29(20-21)18-19-32-25-13-9-23(10-14-25)28-26(30)27(15-3-4-16-27)22-7-11-24(31-2)12-8-22/h7-14,21H,3-6,15-20H2,1-2H3,(H,28,30)/t21-/m1/s1. The Labute approximate surface area is 192 Å². The van der Waals surface area contributed by atoms with Crippen LogP contribution in [-0.2, 0) is 10.2 Å². The van der Waals surface area contributed by atoms with Crippen molar-refractivity contribution in [2.24, 2.45) is 5.92 Å².